The van der Waals surface area contributed by atoms with Crippen LogP contribution in [0.1, 0.15) is 27.2 Å². The molecule has 0 unspecified atom stereocenters. The lowest BCUT2D eigenvalue weighted by atomic mass is 9.81. The molecule has 0 spiro atoms. The Balaban J connectivity index is 1.85. The molecule has 2 fully saturated rings. The fourth-order valence-corrected chi connectivity index (χ4v) is 7.60. The second-order valence-corrected chi connectivity index (χ2v) is 16.5. The van der Waals surface area contributed by atoms with Gasteiger partial charge in [-0.1, -0.05) is 59.2 Å². The highest BCUT2D eigenvalue weighted by atomic mass is 28.3. The highest BCUT2D eigenvalue weighted by molar-refractivity contribution is 6.84. The molecule has 2 saturated heterocycles. The lowest BCUT2D eigenvalue weighted by molar-refractivity contribution is -0.157. The van der Waals surface area contributed by atoms with Gasteiger partial charge in [0.15, 0.2) is 0 Å². The molecule has 0 bridgehead atoms. The van der Waals surface area contributed by atoms with Crippen LogP contribution in [0.2, 0.25) is 23.7 Å². The molecular weight excluding hydrogens is 452 g/mol. The molecule has 8 nitrogen and oxygen atoms in total. The molecule has 0 aliphatic carbocycles. The van der Waals surface area contributed by atoms with E-state index in [-0.39, 0.29) is 47.4 Å². The van der Waals surface area contributed by atoms with Crippen molar-refractivity contribution in [2.75, 3.05) is 26.3 Å². The highest BCUT2D eigenvalue weighted by Gasteiger charge is 2.62. The van der Waals surface area contributed by atoms with Crippen LogP contribution >= 0.6 is 0 Å². The molecule has 0 saturated carbocycles. The summed E-state index contributed by atoms with van der Waals surface area (Å²) in [4.78, 5) is 53.9. The van der Waals surface area contributed by atoms with E-state index in [9.17, 15) is 19.2 Å². The van der Waals surface area contributed by atoms with Crippen molar-refractivity contribution in [3.8, 4) is 0 Å². The van der Waals surface area contributed by atoms with E-state index in [4.69, 9.17) is 9.47 Å². The number of aldehydes is 1. The lowest BCUT2D eigenvalue weighted by Gasteiger charge is -2.52. The Morgan fingerprint density at radius 1 is 1.15 bits per heavy atom. The van der Waals surface area contributed by atoms with Crippen LogP contribution in [-0.2, 0) is 23.9 Å². The van der Waals surface area contributed by atoms with Crippen molar-refractivity contribution in [1.29, 1.82) is 0 Å². The van der Waals surface area contributed by atoms with Crippen LogP contribution in [0.5, 0.6) is 0 Å². The monoisotopic (exact) mass is 488 g/mol. The molecule has 34 heavy (non-hydrogen) atoms. The van der Waals surface area contributed by atoms with E-state index < -0.39 is 26.1 Å². The van der Waals surface area contributed by atoms with Crippen molar-refractivity contribution >= 4 is 32.3 Å². The maximum absolute atomic E-state index is 13.4. The van der Waals surface area contributed by atoms with Gasteiger partial charge in [-0.25, -0.2) is 9.59 Å². The van der Waals surface area contributed by atoms with Gasteiger partial charge in [0.1, 0.15) is 25.2 Å². The normalized spacial score (nSPS) is 23.5. The summed E-state index contributed by atoms with van der Waals surface area (Å²) >= 11 is 0. The number of hydrogen-bond donors (Lipinski definition) is 0. The minimum Gasteiger partial charge on any atom is -0.457 e. The topological polar surface area (TPSA) is 93.2 Å². The molecule has 0 radical (unpaired) electrons. The third-order valence-electron chi connectivity index (χ3n) is 8.03. The summed E-state index contributed by atoms with van der Waals surface area (Å²) in [6.07, 6.45) is 4.03. The Morgan fingerprint density at radius 2 is 1.74 bits per heavy atom. The number of carbonyl (C=O) groups excluding carboxylic acids is 4. The summed E-state index contributed by atoms with van der Waals surface area (Å²) in [5, 5.41) is -0.0693. The predicted molar refractivity (Wildman–Crippen MR) is 131 cm³/mol. The fourth-order valence-electron chi connectivity index (χ4n) is 5.00. The average Bonchev–Trinajstić information content (AvgIpc) is 3.07. The fraction of sp³-hybridized carbons (Fsp3) is 0.600. The highest BCUT2D eigenvalue weighted by Crippen LogP contribution is 2.55. The van der Waals surface area contributed by atoms with Gasteiger partial charge in [0.05, 0.1) is 20.0 Å². The molecule has 3 atom stereocenters. The third kappa shape index (κ3) is 4.26. The van der Waals surface area contributed by atoms with Crippen molar-refractivity contribution in [2.24, 2.45) is 11.8 Å². The van der Waals surface area contributed by atoms with Crippen LogP contribution in [0.4, 0.5) is 4.79 Å². The van der Waals surface area contributed by atoms with Gasteiger partial charge in [0.25, 0.3) is 0 Å². The molecule has 3 aliphatic rings. The summed E-state index contributed by atoms with van der Waals surface area (Å²) in [5.74, 6) is -1.25. The minimum atomic E-state index is -2.16. The zero-order valence-corrected chi connectivity index (χ0v) is 21.8. The van der Waals surface area contributed by atoms with Crippen molar-refractivity contribution in [2.45, 2.75) is 56.9 Å². The standard InChI is InChI=1S/C25H36N2O6Si/c1-8-10-32-23(30)21-17(16-13-26(14-16)24(31)33-11-9-2)12-18-20(22(29)27(18)21)19(15-28)34(6,7)25(3,4)5/h8-9,15-16,18-20H,1-2,10-14H2,3-7H3/t18-,19+,20-/m1/s1. The van der Waals surface area contributed by atoms with Gasteiger partial charge in [0.2, 0.25) is 5.91 Å². The number of carbonyl (C=O) groups is 4. The van der Waals surface area contributed by atoms with E-state index in [0.717, 1.165) is 11.9 Å². The van der Waals surface area contributed by atoms with E-state index in [1.165, 1.54) is 17.1 Å². The number of esters is 1. The summed E-state index contributed by atoms with van der Waals surface area (Å²) in [6, 6.07) is -0.236. The Hall–Kier alpha value is -2.68. The molecule has 0 aromatic rings. The molecule has 0 aromatic carbocycles. The first-order valence-electron chi connectivity index (χ1n) is 11.7. The summed E-state index contributed by atoms with van der Waals surface area (Å²) in [5.41, 5.74) is 0.748. The molecule has 3 aliphatic heterocycles. The second-order valence-electron chi connectivity index (χ2n) is 10.9. The van der Waals surface area contributed by atoms with Gasteiger partial charge in [-0.3, -0.25) is 4.79 Å². The Bertz CT molecular complexity index is 928. The SMILES string of the molecule is C=CCOC(=O)C1=C(C2CN(C(=O)OCC=C)C2)C[C@@H]2[C@H]([C@H](C=O)[Si](C)(C)C(C)(C)C)C(=O)N12. The molecule has 3 rings (SSSR count). The van der Waals surface area contributed by atoms with Gasteiger partial charge >= 0.3 is 12.1 Å². The zero-order chi connectivity index (χ0) is 25.4. The summed E-state index contributed by atoms with van der Waals surface area (Å²) in [6.45, 7) is 18.8. The predicted octanol–water partition coefficient (Wildman–Crippen LogP) is 3.53. The van der Waals surface area contributed by atoms with Gasteiger partial charge in [-0.2, -0.15) is 0 Å². The number of rotatable bonds is 9. The van der Waals surface area contributed by atoms with Gasteiger partial charge in [0, 0.05) is 24.5 Å². The van der Waals surface area contributed by atoms with Crippen molar-refractivity contribution in [3.63, 3.8) is 0 Å². The van der Waals surface area contributed by atoms with Crippen LogP contribution in [0, 0.1) is 11.8 Å². The van der Waals surface area contributed by atoms with Crippen molar-refractivity contribution < 1.29 is 28.7 Å². The van der Waals surface area contributed by atoms with Crippen LogP contribution in [0.3, 0.4) is 0 Å². The Kier molecular flexibility index (Phi) is 7.26. The van der Waals surface area contributed by atoms with E-state index in [1.807, 2.05) is 0 Å². The number of fused-ring (bicyclic) bond motifs is 1. The maximum atomic E-state index is 13.4. The molecule has 0 N–H and O–H groups in total. The van der Waals surface area contributed by atoms with E-state index in [1.54, 1.807) is 4.90 Å². The smallest absolute Gasteiger partial charge is 0.410 e. The van der Waals surface area contributed by atoms with E-state index >= 15 is 0 Å². The lowest BCUT2D eigenvalue weighted by Crippen LogP contribution is -2.64. The molecule has 186 valence electrons. The minimum absolute atomic E-state index is 0.0390. The van der Waals surface area contributed by atoms with Gasteiger partial charge in [-0.05, 0) is 17.0 Å². The van der Waals surface area contributed by atoms with Crippen LogP contribution < -0.4 is 0 Å². The molecule has 3 heterocycles. The van der Waals surface area contributed by atoms with E-state index in [0.29, 0.717) is 19.5 Å². The third-order valence-corrected chi connectivity index (χ3v) is 14.1. The number of β-lactam (4-membered cyclic amide) rings is 1. The first-order chi connectivity index (χ1) is 15.9. The quantitative estimate of drug-likeness (QED) is 0.162. The average molecular weight is 489 g/mol. The van der Waals surface area contributed by atoms with Crippen molar-refractivity contribution in [3.05, 3.63) is 36.6 Å². The second kappa shape index (κ2) is 9.52. The summed E-state index contributed by atoms with van der Waals surface area (Å²) in [7, 11) is -2.16. The van der Waals surface area contributed by atoms with Gasteiger partial charge < -0.3 is 24.1 Å². The summed E-state index contributed by atoms with van der Waals surface area (Å²) < 4.78 is 10.4. The number of amides is 2. The first kappa shape index (κ1) is 25.9. The van der Waals surface area contributed by atoms with Crippen LogP contribution in [0.15, 0.2) is 36.6 Å². The molecule has 2 amide bonds. The largest absolute Gasteiger partial charge is 0.457 e. The Morgan fingerprint density at radius 3 is 2.26 bits per heavy atom. The van der Waals surface area contributed by atoms with Gasteiger partial charge in [-0.15, -0.1) is 0 Å². The first-order valence-corrected chi connectivity index (χ1v) is 14.8. The van der Waals surface area contributed by atoms with Crippen LogP contribution in [-0.4, -0.2) is 74.5 Å². The molecule has 9 heteroatoms. The Labute approximate surface area is 202 Å². The molecule has 0 aromatic heterocycles. The van der Waals surface area contributed by atoms with Crippen molar-refractivity contribution in [1.82, 2.24) is 9.80 Å². The maximum Gasteiger partial charge on any atom is 0.410 e. The number of ether oxygens (including phenoxy) is 2. The number of nitrogens with zero attached hydrogens (tertiary/aromatic N) is 2. The number of likely N-dealkylation sites (tertiary alicyclic amines) is 1. The van der Waals surface area contributed by atoms with Crippen LogP contribution in [0.25, 0.3) is 0 Å². The zero-order valence-electron chi connectivity index (χ0n) is 20.8. The van der Waals surface area contributed by atoms with E-state index in [2.05, 4.69) is 47.0 Å². The number of hydrogen-bond acceptors (Lipinski definition) is 6. The molecular formula is C25H36N2O6Si.